The Balaban J connectivity index is 2.56. The second-order valence-corrected chi connectivity index (χ2v) is 3.26. The number of carbonyl (C=O) groups is 1. The highest BCUT2D eigenvalue weighted by Crippen LogP contribution is 2.31. The molecule has 0 aliphatic heterocycles. The van der Waals surface area contributed by atoms with E-state index in [-0.39, 0.29) is 17.1 Å². The molecule has 2 rings (SSSR count). The number of halogens is 2. The molecule has 1 aromatic heterocycles. The van der Waals surface area contributed by atoms with E-state index >= 15 is 0 Å². The van der Waals surface area contributed by atoms with Crippen LogP contribution in [0.25, 0.3) is 11.3 Å². The van der Waals surface area contributed by atoms with Gasteiger partial charge in [0.2, 0.25) is 0 Å². The predicted molar refractivity (Wildman–Crippen MR) is 56.0 cm³/mol. The van der Waals surface area contributed by atoms with Gasteiger partial charge in [0.05, 0.1) is 12.7 Å². The van der Waals surface area contributed by atoms with Gasteiger partial charge in [0, 0.05) is 0 Å². The molecular weight excluding hydrogens is 230 g/mol. The van der Waals surface area contributed by atoms with Crippen LogP contribution in [0.4, 0.5) is 8.78 Å². The second-order valence-electron chi connectivity index (χ2n) is 3.26. The quantitative estimate of drug-likeness (QED) is 0.771. The maximum atomic E-state index is 13.8. The van der Waals surface area contributed by atoms with Crippen LogP contribution in [0.2, 0.25) is 0 Å². The molecule has 0 bridgehead atoms. The zero-order valence-electron chi connectivity index (χ0n) is 8.87. The lowest BCUT2D eigenvalue weighted by atomic mass is 10.1. The molecule has 1 aromatic carbocycles. The van der Waals surface area contributed by atoms with Crippen LogP contribution < -0.4 is 4.74 Å². The second kappa shape index (κ2) is 4.37. The minimum absolute atomic E-state index is 0.0383. The highest BCUT2D eigenvalue weighted by atomic mass is 19.1. The minimum atomic E-state index is -0.862. The van der Waals surface area contributed by atoms with Gasteiger partial charge in [-0.3, -0.25) is 4.79 Å². The number of ether oxygens (including phenoxy) is 1. The first-order valence-electron chi connectivity index (χ1n) is 4.74. The summed E-state index contributed by atoms with van der Waals surface area (Å²) in [6.07, 6.45) is 0.502. The number of furan rings is 1. The molecule has 88 valence electrons. The number of aldehydes is 1. The molecule has 0 saturated heterocycles. The van der Waals surface area contributed by atoms with Crippen molar-refractivity contribution < 1.29 is 22.7 Å². The van der Waals surface area contributed by atoms with Crippen LogP contribution in [0.1, 0.15) is 10.6 Å². The number of rotatable bonds is 3. The molecule has 0 unspecified atom stereocenters. The van der Waals surface area contributed by atoms with Crippen LogP contribution >= 0.6 is 0 Å². The van der Waals surface area contributed by atoms with Gasteiger partial charge in [0.15, 0.2) is 29.4 Å². The summed E-state index contributed by atoms with van der Waals surface area (Å²) in [5.41, 5.74) is 0.0383. The van der Waals surface area contributed by atoms with Gasteiger partial charge in [-0.05, 0) is 24.3 Å². The van der Waals surface area contributed by atoms with Crippen molar-refractivity contribution in [1.29, 1.82) is 0 Å². The summed E-state index contributed by atoms with van der Waals surface area (Å²) in [5, 5.41) is 0. The van der Waals surface area contributed by atoms with Gasteiger partial charge in [-0.15, -0.1) is 0 Å². The fourth-order valence-electron chi connectivity index (χ4n) is 1.47. The summed E-state index contributed by atoms with van der Waals surface area (Å²) in [7, 11) is 1.17. The molecule has 1 heterocycles. The molecule has 3 nitrogen and oxygen atoms in total. The van der Waals surface area contributed by atoms with E-state index < -0.39 is 17.4 Å². The molecule has 0 aliphatic carbocycles. The van der Waals surface area contributed by atoms with Gasteiger partial charge in [0.25, 0.3) is 0 Å². The molecular formula is C12H8F2O3. The van der Waals surface area contributed by atoms with Gasteiger partial charge in [0.1, 0.15) is 5.76 Å². The molecule has 0 N–H and O–H groups in total. The smallest absolute Gasteiger partial charge is 0.191 e. The number of hydrogen-bond acceptors (Lipinski definition) is 3. The molecule has 0 aliphatic rings. The molecule has 0 saturated carbocycles. The molecule has 0 amide bonds. The van der Waals surface area contributed by atoms with Gasteiger partial charge >= 0.3 is 0 Å². The van der Waals surface area contributed by atoms with Crippen LogP contribution in [-0.4, -0.2) is 13.4 Å². The monoisotopic (exact) mass is 238 g/mol. The molecule has 0 spiro atoms. The topological polar surface area (TPSA) is 39.4 Å². The molecule has 0 radical (unpaired) electrons. The number of methoxy groups -OCH3 is 1. The number of carbonyl (C=O) groups excluding carboxylic acids is 1. The zero-order chi connectivity index (χ0) is 12.4. The Hall–Kier alpha value is -2.17. The Morgan fingerprint density at radius 2 is 2.00 bits per heavy atom. The standard InChI is InChI=1S/C12H8F2O3/c1-16-12-9(13)4-3-8(11(12)14)10-5-2-7(6-15)17-10/h2-6H,1H3. The third-order valence-electron chi connectivity index (χ3n) is 2.26. The summed E-state index contributed by atoms with van der Waals surface area (Å²) in [6.45, 7) is 0. The van der Waals surface area contributed by atoms with Crippen LogP contribution in [0, 0.1) is 11.6 Å². The summed E-state index contributed by atoms with van der Waals surface area (Å²) in [6, 6.07) is 5.12. The summed E-state index contributed by atoms with van der Waals surface area (Å²) in [5.74, 6) is -1.92. The highest BCUT2D eigenvalue weighted by Gasteiger charge is 2.17. The zero-order valence-corrected chi connectivity index (χ0v) is 8.87. The van der Waals surface area contributed by atoms with E-state index in [0.29, 0.717) is 6.29 Å². The van der Waals surface area contributed by atoms with Crippen molar-refractivity contribution in [3.05, 3.63) is 41.7 Å². The fourth-order valence-corrected chi connectivity index (χ4v) is 1.47. The Morgan fingerprint density at radius 3 is 2.59 bits per heavy atom. The lowest BCUT2D eigenvalue weighted by molar-refractivity contribution is 0.110. The SMILES string of the molecule is COc1c(F)ccc(-c2ccc(C=O)o2)c1F. The maximum Gasteiger partial charge on any atom is 0.191 e. The third-order valence-corrected chi connectivity index (χ3v) is 2.26. The van der Waals surface area contributed by atoms with E-state index in [9.17, 15) is 13.6 Å². The molecule has 5 heteroatoms. The number of hydrogen-bond donors (Lipinski definition) is 0. The highest BCUT2D eigenvalue weighted by molar-refractivity contribution is 5.73. The maximum absolute atomic E-state index is 13.8. The van der Waals surface area contributed by atoms with Gasteiger partial charge < -0.3 is 9.15 Å². The largest absolute Gasteiger partial charge is 0.491 e. The van der Waals surface area contributed by atoms with Crippen molar-refractivity contribution in [2.75, 3.05) is 7.11 Å². The lowest BCUT2D eigenvalue weighted by Crippen LogP contribution is -1.94. The first kappa shape index (κ1) is 11.3. The normalized spacial score (nSPS) is 10.3. The van der Waals surface area contributed by atoms with E-state index in [1.807, 2.05) is 0 Å². The average Bonchev–Trinajstić information content (AvgIpc) is 2.78. The van der Waals surface area contributed by atoms with E-state index in [0.717, 1.165) is 6.07 Å². The fraction of sp³-hybridized carbons (Fsp3) is 0.0833. The van der Waals surface area contributed by atoms with Crippen molar-refractivity contribution in [3.63, 3.8) is 0 Å². The Bertz CT molecular complexity index is 561. The van der Waals surface area contributed by atoms with Crippen molar-refractivity contribution in [3.8, 4) is 17.1 Å². The lowest BCUT2D eigenvalue weighted by Gasteiger charge is -2.06. The van der Waals surface area contributed by atoms with E-state index in [1.165, 1.54) is 25.3 Å². The van der Waals surface area contributed by atoms with Crippen molar-refractivity contribution in [2.45, 2.75) is 0 Å². The first-order valence-corrected chi connectivity index (χ1v) is 4.74. The Kier molecular flexibility index (Phi) is 2.91. The van der Waals surface area contributed by atoms with Gasteiger partial charge in [-0.25, -0.2) is 8.78 Å². The summed E-state index contributed by atoms with van der Waals surface area (Å²) >= 11 is 0. The van der Waals surface area contributed by atoms with Crippen LogP contribution in [0.5, 0.6) is 5.75 Å². The number of benzene rings is 1. The van der Waals surface area contributed by atoms with E-state index in [4.69, 9.17) is 4.42 Å². The van der Waals surface area contributed by atoms with E-state index in [2.05, 4.69) is 4.74 Å². The predicted octanol–water partition coefficient (Wildman–Crippen LogP) is 3.05. The average molecular weight is 238 g/mol. The Labute approximate surface area is 95.6 Å². The summed E-state index contributed by atoms with van der Waals surface area (Å²) < 4.78 is 36.6. The van der Waals surface area contributed by atoms with E-state index in [1.54, 1.807) is 0 Å². The molecule has 0 atom stereocenters. The molecule has 17 heavy (non-hydrogen) atoms. The van der Waals surface area contributed by atoms with Crippen LogP contribution in [-0.2, 0) is 0 Å². The molecule has 2 aromatic rings. The van der Waals surface area contributed by atoms with Crippen LogP contribution in [0.3, 0.4) is 0 Å². The minimum Gasteiger partial charge on any atom is -0.491 e. The van der Waals surface area contributed by atoms with Gasteiger partial charge in [-0.2, -0.15) is 0 Å². The third kappa shape index (κ3) is 1.91. The van der Waals surface area contributed by atoms with Gasteiger partial charge in [-0.1, -0.05) is 0 Å². The molecule has 0 fully saturated rings. The van der Waals surface area contributed by atoms with Crippen LogP contribution in [0.15, 0.2) is 28.7 Å². The first-order chi connectivity index (χ1) is 8.17. The van der Waals surface area contributed by atoms with Crippen molar-refractivity contribution in [2.24, 2.45) is 0 Å². The summed E-state index contributed by atoms with van der Waals surface area (Å²) in [4.78, 5) is 10.4. The Morgan fingerprint density at radius 1 is 1.24 bits per heavy atom. The van der Waals surface area contributed by atoms with Crippen molar-refractivity contribution >= 4 is 6.29 Å². The van der Waals surface area contributed by atoms with Crippen molar-refractivity contribution in [1.82, 2.24) is 0 Å².